The van der Waals surface area contributed by atoms with Crippen LogP contribution in [-0.2, 0) is 9.53 Å². The topological polar surface area (TPSA) is 83.2 Å². The zero-order valence-electron chi connectivity index (χ0n) is 12.2. The summed E-state index contributed by atoms with van der Waals surface area (Å²) in [7, 11) is 0. The summed E-state index contributed by atoms with van der Waals surface area (Å²) in [5, 5.41) is 6.48. The molecule has 2 amide bonds. The third-order valence-electron chi connectivity index (χ3n) is 3.77. The van der Waals surface area contributed by atoms with Gasteiger partial charge in [-0.1, -0.05) is 18.2 Å². The molecule has 6 heteroatoms. The molecule has 2 aromatic rings. The highest BCUT2D eigenvalue weighted by Gasteiger charge is 2.22. The largest absolute Gasteiger partial charge is 0.368 e. The van der Waals surface area contributed by atoms with Gasteiger partial charge in [-0.2, -0.15) is 0 Å². The van der Waals surface area contributed by atoms with E-state index >= 15 is 0 Å². The number of aromatic nitrogens is 1. The predicted molar refractivity (Wildman–Crippen MR) is 82.6 cm³/mol. The summed E-state index contributed by atoms with van der Waals surface area (Å²) < 4.78 is 5.30. The van der Waals surface area contributed by atoms with Crippen LogP contribution in [0.15, 0.2) is 30.5 Å². The lowest BCUT2D eigenvalue weighted by Gasteiger charge is -2.10. The molecule has 0 bridgehead atoms. The maximum atomic E-state index is 12.2. The van der Waals surface area contributed by atoms with Crippen molar-refractivity contribution in [3.63, 3.8) is 0 Å². The Morgan fingerprint density at radius 1 is 1.23 bits per heavy atom. The third kappa shape index (κ3) is 3.12. The van der Waals surface area contributed by atoms with Crippen molar-refractivity contribution in [3.8, 4) is 0 Å². The van der Waals surface area contributed by atoms with Gasteiger partial charge in [0.2, 0.25) is 5.91 Å². The standard InChI is InChI=1S/C16H19N3O3/c20-15(12-10-19-13-5-2-1-4-11(12)13)17-7-8-18-16(21)14-6-3-9-22-14/h1-2,4-5,10,14,19H,3,6-9H2,(H,17,20)(H,18,21). The first-order chi connectivity index (χ1) is 10.8. The smallest absolute Gasteiger partial charge is 0.253 e. The summed E-state index contributed by atoms with van der Waals surface area (Å²) in [6, 6.07) is 7.64. The van der Waals surface area contributed by atoms with Gasteiger partial charge in [-0.15, -0.1) is 0 Å². The van der Waals surface area contributed by atoms with E-state index < -0.39 is 0 Å². The van der Waals surface area contributed by atoms with Crippen molar-refractivity contribution in [1.82, 2.24) is 15.6 Å². The summed E-state index contributed by atoms with van der Waals surface area (Å²) in [5.41, 5.74) is 1.54. The number of hydrogen-bond donors (Lipinski definition) is 3. The Bertz CT molecular complexity index is 674. The molecular formula is C16H19N3O3. The molecule has 3 rings (SSSR count). The molecule has 2 heterocycles. The number of amides is 2. The molecule has 1 saturated heterocycles. The minimum atomic E-state index is -0.329. The third-order valence-corrected chi connectivity index (χ3v) is 3.77. The molecule has 1 atom stereocenters. The molecule has 22 heavy (non-hydrogen) atoms. The summed E-state index contributed by atoms with van der Waals surface area (Å²) in [4.78, 5) is 27.0. The SMILES string of the molecule is O=C(NCCNC(=O)C1CCCO1)c1c[nH]c2ccccc12. The van der Waals surface area contributed by atoms with Gasteiger partial charge < -0.3 is 20.4 Å². The van der Waals surface area contributed by atoms with Gasteiger partial charge in [0.1, 0.15) is 6.10 Å². The van der Waals surface area contributed by atoms with Crippen molar-refractivity contribution in [1.29, 1.82) is 0 Å². The van der Waals surface area contributed by atoms with E-state index in [1.54, 1.807) is 6.20 Å². The number of para-hydroxylation sites is 1. The number of carbonyl (C=O) groups is 2. The fourth-order valence-electron chi connectivity index (χ4n) is 2.61. The number of benzene rings is 1. The van der Waals surface area contributed by atoms with E-state index in [2.05, 4.69) is 15.6 Å². The summed E-state index contributed by atoms with van der Waals surface area (Å²) in [6.07, 6.45) is 3.07. The lowest BCUT2D eigenvalue weighted by Crippen LogP contribution is -2.39. The highest BCUT2D eigenvalue weighted by Crippen LogP contribution is 2.17. The number of rotatable bonds is 5. The second-order valence-corrected chi connectivity index (χ2v) is 5.30. The van der Waals surface area contributed by atoms with Crippen molar-refractivity contribution in [2.45, 2.75) is 18.9 Å². The Morgan fingerprint density at radius 2 is 2.05 bits per heavy atom. The fraction of sp³-hybridized carbons (Fsp3) is 0.375. The number of carbonyl (C=O) groups excluding carboxylic acids is 2. The first kappa shape index (κ1) is 14.6. The number of aromatic amines is 1. The zero-order valence-corrected chi connectivity index (χ0v) is 12.2. The molecule has 1 fully saturated rings. The Morgan fingerprint density at radius 3 is 2.86 bits per heavy atom. The van der Waals surface area contributed by atoms with Crippen LogP contribution in [0.25, 0.3) is 10.9 Å². The monoisotopic (exact) mass is 301 g/mol. The lowest BCUT2D eigenvalue weighted by molar-refractivity contribution is -0.129. The lowest BCUT2D eigenvalue weighted by atomic mass is 10.1. The van der Waals surface area contributed by atoms with Gasteiger partial charge in [0.15, 0.2) is 0 Å². The van der Waals surface area contributed by atoms with Crippen LogP contribution in [0.3, 0.4) is 0 Å². The Kier molecular flexibility index (Phi) is 4.39. The quantitative estimate of drug-likeness (QED) is 0.726. The summed E-state index contributed by atoms with van der Waals surface area (Å²) in [5.74, 6) is -0.248. The number of ether oxygens (including phenoxy) is 1. The first-order valence-electron chi connectivity index (χ1n) is 7.49. The van der Waals surface area contributed by atoms with Crippen LogP contribution in [0.4, 0.5) is 0 Å². The average Bonchev–Trinajstić information content (AvgIpc) is 3.20. The Hall–Kier alpha value is -2.34. The molecule has 0 spiro atoms. The van der Waals surface area contributed by atoms with Crippen LogP contribution in [0.1, 0.15) is 23.2 Å². The van der Waals surface area contributed by atoms with E-state index in [1.165, 1.54) is 0 Å². The van der Waals surface area contributed by atoms with Crippen molar-refractivity contribution in [3.05, 3.63) is 36.0 Å². The van der Waals surface area contributed by atoms with Crippen molar-refractivity contribution < 1.29 is 14.3 Å². The van der Waals surface area contributed by atoms with Gasteiger partial charge in [-0.25, -0.2) is 0 Å². The molecule has 1 aromatic carbocycles. The molecule has 1 aliphatic heterocycles. The molecule has 116 valence electrons. The van der Waals surface area contributed by atoms with Crippen molar-refractivity contribution in [2.24, 2.45) is 0 Å². The predicted octanol–water partition coefficient (Wildman–Crippen LogP) is 1.19. The van der Waals surface area contributed by atoms with Gasteiger partial charge in [-0.3, -0.25) is 9.59 Å². The maximum absolute atomic E-state index is 12.2. The maximum Gasteiger partial charge on any atom is 0.253 e. The summed E-state index contributed by atoms with van der Waals surface area (Å²) in [6.45, 7) is 1.43. The van der Waals surface area contributed by atoms with E-state index in [1.807, 2.05) is 24.3 Å². The van der Waals surface area contributed by atoms with Crippen LogP contribution in [-0.4, -0.2) is 42.6 Å². The van der Waals surface area contributed by atoms with Crippen molar-refractivity contribution in [2.75, 3.05) is 19.7 Å². The van der Waals surface area contributed by atoms with Gasteiger partial charge in [0.25, 0.3) is 5.91 Å². The highest BCUT2D eigenvalue weighted by atomic mass is 16.5. The Balaban J connectivity index is 1.47. The molecule has 0 radical (unpaired) electrons. The van der Waals surface area contributed by atoms with E-state index in [9.17, 15) is 9.59 Å². The first-order valence-corrected chi connectivity index (χ1v) is 7.49. The number of hydrogen-bond acceptors (Lipinski definition) is 3. The average molecular weight is 301 g/mol. The molecule has 0 aliphatic carbocycles. The number of nitrogens with one attached hydrogen (secondary N) is 3. The van der Waals surface area contributed by atoms with E-state index in [4.69, 9.17) is 4.74 Å². The van der Waals surface area contributed by atoms with E-state index in [0.717, 1.165) is 23.7 Å². The molecule has 0 saturated carbocycles. The molecule has 1 aliphatic rings. The Labute approximate surface area is 128 Å². The molecule has 3 N–H and O–H groups in total. The molecule has 1 aromatic heterocycles. The van der Waals surface area contributed by atoms with Crippen LogP contribution in [0.5, 0.6) is 0 Å². The van der Waals surface area contributed by atoms with Crippen LogP contribution < -0.4 is 10.6 Å². The molecular weight excluding hydrogens is 282 g/mol. The fourth-order valence-corrected chi connectivity index (χ4v) is 2.61. The van der Waals surface area contributed by atoms with E-state index in [-0.39, 0.29) is 17.9 Å². The highest BCUT2D eigenvalue weighted by molar-refractivity contribution is 6.06. The zero-order chi connectivity index (χ0) is 15.4. The van der Waals surface area contributed by atoms with Crippen LogP contribution in [0, 0.1) is 0 Å². The molecule has 6 nitrogen and oxygen atoms in total. The van der Waals surface area contributed by atoms with Gasteiger partial charge >= 0.3 is 0 Å². The minimum Gasteiger partial charge on any atom is -0.368 e. The second kappa shape index (κ2) is 6.62. The summed E-state index contributed by atoms with van der Waals surface area (Å²) >= 11 is 0. The van der Waals surface area contributed by atoms with Gasteiger partial charge in [0, 0.05) is 36.8 Å². The van der Waals surface area contributed by atoms with Crippen LogP contribution >= 0.6 is 0 Å². The normalized spacial score (nSPS) is 17.5. The van der Waals surface area contributed by atoms with Crippen LogP contribution in [0.2, 0.25) is 0 Å². The number of H-pyrrole nitrogens is 1. The second-order valence-electron chi connectivity index (χ2n) is 5.30. The van der Waals surface area contributed by atoms with E-state index in [0.29, 0.717) is 25.3 Å². The van der Waals surface area contributed by atoms with Crippen molar-refractivity contribution >= 4 is 22.7 Å². The minimum absolute atomic E-state index is 0.0983. The van der Waals surface area contributed by atoms with Gasteiger partial charge in [-0.05, 0) is 18.9 Å². The molecule has 1 unspecified atom stereocenters. The number of fused-ring (bicyclic) bond motifs is 1. The van der Waals surface area contributed by atoms with Gasteiger partial charge in [0.05, 0.1) is 5.56 Å².